The number of anilines is 2. The van der Waals surface area contributed by atoms with E-state index < -0.39 is 0 Å². The first-order valence-corrected chi connectivity index (χ1v) is 7.06. The van der Waals surface area contributed by atoms with Crippen molar-refractivity contribution in [3.8, 4) is 0 Å². The van der Waals surface area contributed by atoms with Gasteiger partial charge in [-0.15, -0.1) is 0 Å². The fraction of sp³-hybridized carbons (Fsp3) is 0.235. The second-order valence-electron chi connectivity index (χ2n) is 5.26. The van der Waals surface area contributed by atoms with Gasteiger partial charge < -0.3 is 10.6 Å². The molecule has 0 aliphatic carbocycles. The number of carbonyl (C=O) groups is 1. The third-order valence-corrected chi connectivity index (χ3v) is 3.03. The lowest BCUT2D eigenvalue weighted by Crippen LogP contribution is -2.11. The highest BCUT2D eigenvalue weighted by Gasteiger charge is 2.03. The average molecular weight is 296 g/mol. The van der Waals surface area contributed by atoms with Crippen LogP contribution in [0.15, 0.2) is 42.5 Å². The van der Waals surface area contributed by atoms with Crippen molar-refractivity contribution in [2.45, 2.75) is 27.3 Å². The second-order valence-corrected chi connectivity index (χ2v) is 5.26. The highest BCUT2D eigenvalue weighted by atomic mass is 16.1. The minimum Gasteiger partial charge on any atom is -0.350 e. The Balaban J connectivity index is 1.96. The Morgan fingerprint density at radius 3 is 2.27 bits per heavy atom. The number of hydrogen-bond donors (Lipinski definition) is 2. The van der Waals surface area contributed by atoms with Gasteiger partial charge in [0.1, 0.15) is 0 Å². The number of carbonyl (C=O) groups excluding carboxylic acids is 1. The number of aromatic nitrogens is 2. The van der Waals surface area contributed by atoms with Gasteiger partial charge in [-0.3, -0.25) is 4.79 Å². The van der Waals surface area contributed by atoms with Crippen LogP contribution in [0.4, 0.5) is 11.6 Å². The van der Waals surface area contributed by atoms with E-state index in [9.17, 15) is 4.79 Å². The maximum absolute atomic E-state index is 11.5. The minimum atomic E-state index is -0.172. The monoisotopic (exact) mass is 296 g/mol. The quantitative estimate of drug-likeness (QED) is 0.831. The van der Waals surface area contributed by atoms with Crippen molar-refractivity contribution in [3.63, 3.8) is 0 Å². The van der Waals surface area contributed by atoms with Gasteiger partial charge in [0.25, 0.3) is 5.91 Å². The molecule has 0 spiro atoms. The van der Waals surface area contributed by atoms with Gasteiger partial charge in [0.15, 0.2) is 0 Å². The molecule has 1 amide bonds. The molecule has 2 aromatic rings. The maximum Gasteiger partial charge on any atom is 0.250 e. The Hall–Kier alpha value is -2.69. The van der Waals surface area contributed by atoms with Crippen molar-refractivity contribution in [1.29, 1.82) is 0 Å². The number of hydrogen-bond acceptors (Lipinski definition) is 4. The molecule has 0 bridgehead atoms. The summed E-state index contributed by atoms with van der Waals surface area (Å²) in [7, 11) is 0. The highest BCUT2D eigenvalue weighted by Crippen LogP contribution is 2.12. The Bertz CT molecular complexity index is 672. The van der Waals surface area contributed by atoms with E-state index in [1.54, 1.807) is 6.92 Å². The Kier molecular flexibility index (Phi) is 4.88. The van der Waals surface area contributed by atoms with Crippen LogP contribution < -0.4 is 10.6 Å². The zero-order chi connectivity index (χ0) is 16.1. The van der Waals surface area contributed by atoms with E-state index in [4.69, 9.17) is 0 Å². The predicted molar refractivity (Wildman–Crippen MR) is 88.7 cm³/mol. The predicted octanol–water partition coefficient (Wildman–Crippen LogP) is 3.22. The Labute approximate surface area is 130 Å². The fourth-order valence-electron chi connectivity index (χ4n) is 1.93. The lowest BCUT2D eigenvalue weighted by molar-refractivity contribution is -0.112. The maximum atomic E-state index is 11.5. The highest BCUT2D eigenvalue weighted by molar-refractivity contribution is 6.02. The first kappa shape index (κ1) is 15.7. The van der Waals surface area contributed by atoms with Gasteiger partial charge in [-0.1, -0.05) is 18.7 Å². The van der Waals surface area contributed by atoms with E-state index >= 15 is 0 Å². The Morgan fingerprint density at radius 1 is 1.14 bits per heavy atom. The molecule has 0 saturated carbocycles. The average Bonchev–Trinajstić information content (AvgIpc) is 2.45. The van der Waals surface area contributed by atoms with Crippen LogP contribution in [0.25, 0.3) is 0 Å². The molecule has 1 heterocycles. The molecule has 0 saturated heterocycles. The summed E-state index contributed by atoms with van der Waals surface area (Å²) in [6.45, 7) is 9.80. The molecule has 5 nitrogen and oxygen atoms in total. The Morgan fingerprint density at radius 2 is 1.73 bits per heavy atom. The molecule has 0 aliphatic heterocycles. The van der Waals surface area contributed by atoms with Crippen molar-refractivity contribution < 1.29 is 4.79 Å². The number of benzene rings is 1. The largest absolute Gasteiger partial charge is 0.350 e. The molecule has 0 atom stereocenters. The topological polar surface area (TPSA) is 66.9 Å². The van der Waals surface area contributed by atoms with Gasteiger partial charge in [0.05, 0.1) is 0 Å². The molecular formula is C17H20N4O. The van der Waals surface area contributed by atoms with Gasteiger partial charge >= 0.3 is 0 Å². The number of amides is 1. The van der Waals surface area contributed by atoms with Crippen LogP contribution in [0.1, 0.15) is 23.9 Å². The molecule has 0 fully saturated rings. The van der Waals surface area contributed by atoms with Crippen molar-refractivity contribution in [1.82, 2.24) is 9.97 Å². The summed E-state index contributed by atoms with van der Waals surface area (Å²) in [5, 5.41) is 5.97. The van der Waals surface area contributed by atoms with E-state index in [2.05, 4.69) is 27.2 Å². The summed E-state index contributed by atoms with van der Waals surface area (Å²) in [5.41, 5.74) is 4.19. The molecule has 1 aromatic heterocycles. The van der Waals surface area contributed by atoms with Gasteiger partial charge in [-0.05, 0) is 44.5 Å². The number of aryl methyl sites for hydroxylation is 2. The van der Waals surface area contributed by atoms with Gasteiger partial charge in [-0.25, -0.2) is 9.97 Å². The van der Waals surface area contributed by atoms with Crippen molar-refractivity contribution in [2.75, 3.05) is 10.6 Å². The summed E-state index contributed by atoms with van der Waals surface area (Å²) in [6.07, 6.45) is 0. The molecule has 114 valence electrons. The molecule has 22 heavy (non-hydrogen) atoms. The second kappa shape index (κ2) is 6.85. The number of nitrogens with one attached hydrogen (secondary N) is 2. The smallest absolute Gasteiger partial charge is 0.250 e. The van der Waals surface area contributed by atoms with Crippen LogP contribution in [0.2, 0.25) is 0 Å². The molecule has 2 N–H and O–H groups in total. The van der Waals surface area contributed by atoms with Crippen LogP contribution in [-0.2, 0) is 11.3 Å². The van der Waals surface area contributed by atoms with Crippen LogP contribution in [0.3, 0.4) is 0 Å². The number of rotatable bonds is 5. The third-order valence-electron chi connectivity index (χ3n) is 3.03. The van der Waals surface area contributed by atoms with E-state index in [-0.39, 0.29) is 5.91 Å². The summed E-state index contributed by atoms with van der Waals surface area (Å²) >= 11 is 0. The molecule has 2 rings (SSSR count). The van der Waals surface area contributed by atoms with Gasteiger partial charge in [0.2, 0.25) is 5.95 Å². The van der Waals surface area contributed by atoms with E-state index in [1.165, 1.54) is 0 Å². The van der Waals surface area contributed by atoms with Crippen LogP contribution >= 0.6 is 0 Å². The van der Waals surface area contributed by atoms with Crippen molar-refractivity contribution >= 4 is 17.5 Å². The standard InChI is InChI=1S/C17H20N4O/c1-11(2)16(22)21-15-7-5-14(6-8-15)10-18-17-19-12(3)9-13(4)20-17/h5-9H,1,10H2,2-4H3,(H,21,22)(H,18,19,20). The molecule has 0 radical (unpaired) electrons. The molecule has 0 aliphatic rings. The van der Waals surface area contributed by atoms with Crippen molar-refractivity contribution in [3.05, 3.63) is 59.4 Å². The van der Waals surface area contributed by atoms with Gasteiger partial charge in [-0.2, -0.15) is 0 Å². The summed E-state index contributed by atoms with van der Waals surface area (Å²) in [5.74, 6) is 0.451. The van der Waals surface area contributed by atoms with Crippen molar-refractivity contribution in [2.24, 2.45) is 0 Å². The third kappa shape index (κ3) is 4.41. The van der Waals surface area contributed by atoms with Crippen LogP contribution in [-0.4, -0.2) is 15.9 Å². The SMILES string of the molecule is C=C(C)C(=O)Nc1ccc(CNc2nc(C)cc(C)n2)cc1. The molecule has 5 heteroatoms. The molecule has 0 unspecified atom stereocenters. The summed E-state index contributed by atoms with van der Waals surface area (Å²) < 4.78 is 0. The lowest BCUT2D eigenvalue weighted by Gasteiger charge is -2.08. The first-order valence-electron chi connectivity index (χ1n) is 7.06. The normalized spacial score (nSPS) is 10.1. The molecule has 1 aromatic carbocycles. The summed E-state index contributed by atoms with van der Waals surface area (Å²) in [4.78, 5) is 20.2. The number of nitrogens with zero attached hydrogens (tertiary/aromatic N) is 2. The minimum absolute atomic E-state index is 0.172. The van der Waals surface area contributed by atoms with E-state index in [0.717, 1.165) is 22.6 Å². The zero-order valence-corrected chi connectivity index (χ0v) is 13.1. The van der Waals surface area contributed by atoms with E-state index in [0.29, 0.717) is 18.1 Å². The first-order chi connectivity index (χ1) is 10.4. The van der Waals surface area contributed by atoms with Crippen LogP contribution in [0, 0.1) is 13.8 Å². The fourth-order valence-corrected chi connectivity index (χ4v) is 1.93. The molecular weight excluding hydrogens is 276 g/mol. The summed E-state index contributed by atoms with van der Waals surface area (Å²) in [6, 6.07) is 9.55. The lowest BCUT2D eigenvalue weighted by atomic mass is 10.2. The van der Waals surface area contributed by atoms with Crippen LogP contribution in [0.5, 0.6) is 0 Å². The zero-order valence-electron chi connectivity index (χ0n) is 13.1. The van der Waals surface area contributed by atoms with Gasteiger partial charge in [0, 0.05) is 29.2 Å². The van der Waals surface area contributed by atoms with E-state index in [1.807, 2.05) is 44.2 Å².